The van der Waals surface area contributed by atoms with Gasteiger partial charge in [0.05, 0.1) is 5.69 Å². The van der Waals surface area contributed by atoms with Crippen LogP contribution >= 0.6 is 0 Å². The van der Waals surface area contributed by atoms with E-state index in [1.165, 1.54) is 0 Å². The molecule has 1 saturated heterocycles. The summed E-state index contributed by atoms with van der Waals surface area (Å²) in [5.41, 5.74) is 1.42. The van der Waals surface area contributed by atoms with Gasteiger partial charge < -0.3 is 5.32 Å². The predicted molar refractivity (Wildman–Crippen MR) is 84.4 cm³/mol. The summed E-state index contributed by atoms with van der Waals surface area (Å²) in [6.45, 7) is 6.00. The fraction of sp³-hybridized carbons (Fsp3) is 0.643. The summed E-state index contributed by atoms with van der Waals surface area (Å²) in [7, 11) is -3.52. The zero-order chi connectivity index (χ0) is 15.3. The molecule has 0 aromatic carbocycles. The third-order valence-corrected chi connectivity index (χ3v) is 5.35. The molecule has 1 aliphatic heterocycles. The maximum Gasteiger partial charge on any atom is 0.301 e. The van der Waals surface area contributed by atoms with Crippen molar-refractivity contribution in [3.63, 3.8) is 0 Å². The van der Waals surface area contributed by atoms with Crippen molar-refractivity contribution in [1.29, 1.82) is 0 Å². The topological polar surface area (TPSA) is 74.3 Å². The quantitative estimate of drug-likeness (QED) is 0.835. The summed E-state index contributed by atoms with van der Waals surface area (Å²) in [5.74, 6) is 0. The van der Waals surface area contributed by atoms with Crippen LogP contribution in [0.25, 0.3) is 0 Å². The van der Waals surface area contributed by atoms with Crippen LogP contribution in [0.2, 0.25) is 0 Å². The number of pyridine rings is 1. The van der Waals surface area contributed by atoms with Crippen molar-refractivity contribution in [2.45, 2.75) is 39.2 Å². The van der Waals surface area contributed by atoms with E-state index in [9.17, 15) is 8.42 Å². The maximum atomic E-state index is 12.6. The van der Waals surface area contributed by atoms with Gasteiger partial charge in [-0.25, -0.2) is 0 Å². The number of rotatable bonds is 6. The molecule has 1 unspecified atom stereocenters. The third kappa shape index (κ3) is 4.15. The lowest BCUT2D eigenvalue weighted by Crippen LogP contribution is -2.50. The monoisotopic (exact) mass is 312 g/mol. The van der Waals surface area contributed by atoms with Crippen LogP contribution in [-0.2, 0) is 10.2 Å². The number of nitrogens with one attached hydrogen (secondary N) is 2. The summed E-state index contributed by atoms with van der Waals surface area (Å²) < 4.78 is 29.6. The molecule has 2 heterocycles. The molecule has 7 heteroatoms. The van der Waals surface area contributed by atoms with E-state index in [4.69, 9.17) is 0 Å². The number of nitrogens with zero attached hydrogens (tertiary/aromatic N) is 2. The second-order valence-electron chi connectivity index (χ2n) is 5.37. The molecular weight excluding hydrogens is 288 g/mol. The first-order valence-electron chi connectivity index (χ1n) is 7.45. The molecule has 0 amide bonds. The van der Waals surface area contributed by atoms with Crippen LogP contribution < -0.4 is 10.0 Å². The van der Waals surface area contributed by atoms with Crippen molar-refractivity contribution < 1.29 is 8.42 Å². The normalized spacial score (nSPS) is 20.4. The van der Waals surface area contributed by atoms with E-state index in [-0.39, 0.29) is 6.04 Å². The Morgan fingerprint density at radius 3 is 2.95 bits per heavy atom. The lowest BCUT2D eigenvalue weighted by atomic mass is 10.1. The molecule has 0 aliphatic carbocycles. The molecule has 0 spiro atoms. The van der Waals surface area contributed by atoms with Gasteiger partial charge in [-0.2, -0.15) is 12.7 Å². The number of likely N-dealkylation sites (N-methyl/N-ethyl adjacent to an activating group) is 1. The van der Waals surface area contributed by atoms with Crippen molar-refractivity contribution in [3.05, 3.63) is 24.0 Å². The highest BCUT2D eigenvalue weighted by atomic mass is 32.2. The molecule has 1 fully saturated rings. The van der Waals surface area contributed by atoms with Gasteiger partial charge in [0.2, 0.25) is 0 Å². The molecule has 6 nitrogen and oxygen atoms in total. The van der Waals surface area contributed by atoms with Gasteiger partial charge in [-0.05, 0) is 37.9 Å². The standard InChI is InChI=1S/C14H24N4O2S/c1-3-15-11-13-6-4-5-9-18(13)21(19,20)17-14-7-8-16-10-12(14)2/h7-8,10,13,15H,3-6,9,11H2,1-2H3,(H,16,17). The zero-order valence-electron chi connectivity index (χ0n) is 12.7. The molecule has 0 bridgehead atoms. The molecule has 1 aromatic heterocycles. The van der Waals surface area contributed by atoms with Gasteiger partial charge in [0.25, 0.3) is 0 Å². The van der Waals surface area contributed by atoms with Crippen LogP contribution in [0.5, 0.6) is 0 Å². The number of hydrogen-bond donors (Lipinski definition) is 2. The molecule has 1 aliphatic rings. The van der Waals surface area contributed by atoms with Crippen molar-refractivity contribution in [2.24, 2.45) is 0 Å². The Morgan fingerprint density at radius 1 is 1.43 bits per heavy atom. The van der Waals surface area contributed by atoms with E-state index in [1.54, 1.807) is 22.8 Å². The Hall–Kier alpha value is -1.18. The van der Waals surface area contributed by atoms with Crippen LogP contribution in [0, 0.1) is 6.92 Å². The summed E-state index contributed by atoms with van der Waals surface area (Å²) in [6.07, 6.45) is 6.15. The minimum Gasteiger partial charge on any atom is -0.315 e. The second-order valence-corrected chi connectivity index (χ2v) is 6.99. The molecule has 2 rings (SSSR count). The number of aryl methyl sites for hydroxylation is 1. The van der Waals surface area contributed by atoms with Crippen molar-refractivity contribution >= 4 is 15.9 Å². The van der Waals surface area contributed by atoms with Crippen LogP contribution in [0.3, 0.4) is 0 Å². The average molecular weight is 312 g/mol. The highest BCUT2D eigenvalue weighted by Crippen LogP contribution is 2.22. The summed E-state index contributed by atoms with van der Waals surface area (Å²) in [6, 6.07) is 1.72. The van der Waals surface area contributed by atoms with E-state index in [0.29, 0.717) is 18.8 Å². The van der Waals surface area contributed by atoms with Crippen LogP contribution in [-0.4, -0.2) is 43.4 Å². The Balaban J connectivity index is 2.14. The molecule has 1 aromatic rings. The molecule has 1 atom stereocenters. The first-order chi connectivity index (χ1) is 10.0. The maximum absolute atomic E-state index is 12.6. The highest BCUT2D eigenvalue weighted by Gasteiger charge is 2.32. The van der Waals surface area contributed by atoms with E-state index >= 15 is 0 Å². The zero-order valence-corrected chi connectivity index (χ0v) is 13.5. The van der Waals surface area contributed by atoms with Gasteiger partial charge in [0.15, 0.2) is 0 Å². The smallest absolute Gasteiger partial charge is 0.301 e. The Bertz CT molecular complexity index is 562. The van der Waals surface area contributed by atoms with E-state index in [0.717, 1.165) is 31.4 Å². The van der Waals surface area contributed by atoms with Gasteiger partial charge in [-0.15, -0.1) is 0 Å². The Morgan fingerprint density at radius 2 is 2.24 bits per heavy atom. The van der Waals surface area contributed by atoms with Gasteiger partial charge in [-0.1, -0.05) is 13.3 Å². The molecule has 0 radical (unpaired) electrons. The third-order valence-electron chi connectivity index (χ3n) is 3.77. The Labute approximate surface area is 127 Å². The largest absolute Gasteiger partial charge is 0.315 e. The predicted octanol–water partition coefficient (Wildman–Crippen LogP) is 1.51. The lowest BCUT2D eigenvalue weighted by molar-refractivity contribution is 0.248. The van der Waals surface area contributed by atoms with Gasteiger partial charge >= 0.3 is 10.2 Å². The van der Waals surface area contributed by atoms with Crippen molar-refractivity contribution in [3.8, 4) is 0 Å². The number of piperidine rings is 1. The van der Waals surface area contributed by atoms with Crippen molar-refractivity contribution in [1.82, 2.24) is 14.6 Å². The molecule has 0 saturated carbocycles. The van der Waals surface area contributed by atoms with Crippen LogP contribution in [0.1, 0.15) is 31.7 Å². The molecular formula is C14H24N4O2S. The SMILES string of the molecule is CCNCC1CCCCN1S(=O)(=O)Nc1ccncc1C. The molecule has 2 N–H and O–H groups in total. The fourth-order valence-electron chi connectivity index (χ4n) is 2.59. The summed E-state index contributed by atoms with van der Waals surface area (Å²) in [5, 5.41) is 3.25. The van der Waals surface area contributed by atoms with Crippen molar-refractivity contribution in [2.75, 3.05) is 24.4 Å². The average Bonchev–Trinajstić information content (AvgIpc) is 2.47. The number of aromatic nitrogens is 1. The highest BCUT2D eigenvalue weighted by molar-refractivity contribution is 7.90. The number of anilines is 1. The Kier molecular flexibility index (Phi) is 5.55. The van der Waals surface area contributed by atoms with Crippen LogP contribution in [0.15, 0.2) is 18.5 Å². The van der Waals surface area contributed by atoms with Gasteiger partial charge in [0, 0.05) is 31.5 Å². The van der Waals surface area contributed by atoms with Gasteiger partial charge in [0.1, 0.15) is 0 Å². The van der Waals surface area contributed by atoms with E-state index < -0.39 is 10.2 Å². The molecule has 21 heavy (non-hydrogen) atoms. The fourth-order valence-corrected chi connectivity index (χ4v) is 4.16. The first-order valence-corrected chi connectivity index (χ1v) is 8.89. The van der Waals surface area contributed by atoms with Crippen LogP contribution in [0.4, 0.5) is 5.69 Å². The van der Waals surface area contributed by atoms with Gasteiger partial charge in [-0.3, -0.25) is 9.71 Å². The summed E-state index contributed by atoms with van der Waals surface area (Å²) in [4.78, 5) is 3.98. The lowest BCUT2D eigenvalue weighted by Gasteiger charge is -2.34. The minimum atomic E-state index is -3.52. The first kappa shape index (κ1) is 16.2. The molecule has 118 valence electrons. The van der Waals surface area contributed by atoms with E-state index in [1.807, 2.05) is 13.8 Å². The number of hydrogen-bond acceptors (Lipinski definition) is 4. The summed E-state index contributed by atoms with van der Waals surface area (Å²) >= 11 is 0. The minimum absolute atomic E-state index is 0.0262. The van der Waals surface area contributed by atoms with E-state index in [2.05, 4.69) is 15.0 Å². The second kappa shape index (κ2) is 7.20.